The molecule has 2 aromatic carbocycles. The SMILES string of the molecule is COc1cc2c(c(OC)c1N=Nc1ccc([N+](=O)[O-])cc1C#N)C=CC(C)(C)N2CCCC(=O)O. The van der Waals surface area contributed by atoms with Crippen LogP contribution < -0.4 is 14.4 Å². The topological polar surface area (TPSA) is 151 Å². The molecule has 0 amide bonds. The third kappa shape index (κ3) is 5.22. The summed E-state index contributed by atoms with van der Waals surface area (Å²) in [6, 6.07) is 7.42. The van der Waals surface area contributed by atoms with Crippen LogP contribution in [0.2, 0.25) is 0 Å². The highest BCUT2D eigenvalue weighted by Gasteiger charge is 2.32. The first-order chi connectivity index (χ1) is 16.6. The average Bonchev–Trinajstić information content (AvgIpc) is 2.82. The zero-order valence-electron chi connectivity index (χ0n) is 19.8. The van der Waals surface area contributed by atoms with Crippen LogP contribution in [-0.4, -0.2) is 42.3 Å². The number of anilines is 1. The molecule has 182 valence electrons. The molecule has 0 saturated carbocycles. The summed E-state index contributed by atoms with van der Waals surface area (Å²) in [5.41, 5.74) is 1.36. The Kier molecular flexibility index (Phi) is 7.34. The van der Waals surface area contributed by atoms with Gasteiger partial charge in [-0.1, -0.05) is 12.2 Å². The van der Waals surface area contributed by atoms with E-state index < -0.39 is 10.9 Å². The maximum Gasteiger partial charge on any atom is 0.303 e. The predicted octanol–water partition coefficient (Wildman–Crippen LogP) is 5.38. The number of ether oxygens (including phenoxy) is 2. The van der Waals surface area contributed by atoms with Gasteiger partial charge in [0.2, 0.25) is 0 Å². The summed E-state index contributed by atoms with van der Waals surface area (Å²) in [5, 5.41) is 37.9. The van der Waals surface area contributed by atoms with Gasteiger partial charge in [0.25, 0.3) is 5.69 Å². The van der Waals surface area contributed by atoms with Crippen LogP contribution >= 0.6 is 0 Å². The number of nitriles is 1. The number of azo groups is 1. The number of hydrogen-bond acceptors (Lipinski definition) is 9. The molecule has 0 unspecified atom stereocenters. The Morgan fingerprint density at radius 2 is 2.00 bits per heavy atom. The van der Waals surface area contributed by atoms with Crippen LogP contribution in [0.25, 0.3) is 6.08 Å². The summed E-state index contributed by atoms with van der Waals surface area (Å²) >= 11 is 0. The van der Waals surface area contributed by atoms with Gasteiger partial charge in [0.05, 0.1) is 35.9 Å². The quantitative estimate of drug-likeness (QED) is 0.286. The molecule has 0 radical (unpaired) electrons. The fourth-order valence-corrected chi connectivity index (χ4v) is 3.87. The van der Waals surface area contributed by atoms with E-state index in [9.17, 15) is 20.2 Å². The highest BCUT2D eigenvalue weighted by molar-refractivity contribution is 5.85. The molecule has 3 rings (SSSR count). The van der Waals surface area contributed by atoms with Crippen molar-refractivity contribution in [2.75, 3.05) is 25.7 Å². The lowest BCUT2D eigenvalue weighted by Gasteiger charge is -2.42. The second-order valence-corrected chi connectivity index (χ2v) is 8.30. The molecule has 0 fully saturated rings. The predicted molar refractivity (Wildman–Crippen MR) is 129 cm³/mol. The van der Waals surface area contributed by atoms with Gasteiger partial charge in [0.15, 0.2) is 17.2 Å². The van der Waals surface area contributed by atoms with E-state index in [0.29, 0.717) is 24.5 Å². The van der Waals surface area contributed by atoms with Crippen molar-refractivity contribution in [3.63, 3.8) is 0 Å². The van der Waals surface area contributed by atoms with Gasteiger partial charge in [-0.05, 0) is 26.3 Å². The second-order valence-electron chi connectivity index (χ2n) is 8.30. The number of hydrogen-bond donors (Lipinski definition) is 1. The highest BCUT2D eigenvalue weighted by atomic mass is 16.6. The Balaban J connectivity index is 2.09. The number of non-ortho nitro benzene ring substituents is 1. The first kappa shape index (κ1) is 25.2. The minimum Gasteiger partial charge on any atom is -0.494 e. The number of nitrogens with zero attached hydrogens (tertiary/aromatic N) is 5. The summed E-state index contributed by atoms with van der Waals surface area (Å²) in [6.45, 7) is 4.55. The highest BCUT2D eigenvalue weighted by Crippen LogP contribution is 2.49. The fourth-order valence-electron chi connectivity index (χ4n) is 3.87. The molecule has 1 aliphatic rings. The molecule has 0 atom stereocenters. The van der Waals surface area contributed by atoms with Crippen molar-refractivity contribution in [2.45, 2.75) is 32.2 Å². The first-order valence-electron chi connectivity index (χ1n) is 10.7. The third-order valence-corrected chi connectivity index (χ3v) is 5.65. The van der Waals surface area contributed by atoms with Crippen LogP contribution in [0.3, 0.4) is 0 Å². The number of aliphatic carboxylic acids is 1. The lowest BCUT2D eigenvalue weighted by molar-refractivity contribution is -0.384. The van der Waals surface area contributed by atoms with E-state index in [-0.39, 0.29) is 34.6 Å². The molecule has 0 spiro atoms. The van der Waals surface area contributed by atoms with Gasteiger partial charge in [-0.2, -0.15) is 5.26 Å². The van der Waals surface area contributed by atoms with Crippen molar-refractivity contribution >= 4 is 34.8 Å². The summed E-state index contributed by atoms with van der Waals surface area (Å²) in [7, 11) is 2.97. The van der Waals surface area contributed by atoms with Crippen LogP contribution in [0, 0.1) is 21.4 Å². The number of fused-ring (bicyclic) bond motifs is 1. The smallest absolute Gasteiger partial charge is 0.303 e. The molecule has 11 nitrogen and oxygen atoms in total. The van der Waals surface area contributed by atoms with Crippen molar-refractivity contribution in [3.05, 3.63) is 51.6 Å². The first-order valence-corrected chi connectivity index (χ1v) is 10.7. The zero-order chi connectivity index (χ0) is 25.8. The van der Waals surface area contributed by atoms with Crippen molar-refractivity contribution in [1.82, 2.24) is 0 Å². The molecule has 0 aliphatic carbocycles. The molecule has 0 saturated heterocycles. The lowest BCUT2D eigenvalue weighted by atomic mass is 9.92. The van der Waals surface area contributed by atoms with Gasteiger partial charge >= 0.3 is 5.97 Å². The van der Waals surface area contributed by atoms with Gasteiger partial charge in [0, 0.05) is 36.7 Å². The summed E-state index contributed by atoms with van der Waals surface area (Å²) in [6.07, 6.45) is 4.40. The second kappa shape index (κ2) is 10.2. The van der Waals surface area contributed by atoms with Crippen LogP contribution in [0.15, 0.2) is 40.6 Å². The number of benzene rings is 2. The van der Waals surface area contributed by atoms with E-state index in [1.807, 2.05) is 32.1 Å². The number of carbonyl (C=O) groups is 1. The maximum absolute atomic E-state index is 11.0. The van der Waals surface area contributed by atoms with E-state index in [1.165, 1.54) is 26.4 Å². The summed E-state index contributed by atoms with van der Waals surface area (Å²) in [4.78, 5) is 23.5. The minimum absolute atomic E-state index is 0.00472. The normalized spacial score (nSPS) is 13.9. The zero-order valence-corrected chi connectivity index (χ0v) is 19.8. The van der Waals surface area contributed by atoms with Crippen LogP contribution in [-0.2, 0) is 4.79 Å². The number of methoxy groups -OCH3 is 2. The third-order valence-electron chi connectivity index (χ3n) is 5.65. The van der Waals surface area contributed by atoms with Gasteiger partial charge in [-0.15, -0.1) is 10.2 Å². The van der Waals surface area contributed by atoms with E-state index in [1.54, 1.807) is 6.07 Å². The largest absolute Gasteiger partial charge is 0.494 e. The lowest BCUT2D eigenvalue weighted by Crippen LogP contribution is -2.45. The minimum atomic E-state index is -0.857. The van der Waals surface area contributed by atoms with Crippen LogP contribution in [0.5, 0.6) is 11.5 Å². The fraction of sp³-hybridized carbons (Fsp3) is 0.333. The Bertz CT molecular complexity index is 1260. The molecular weight excluding hydrogens is 454 g/mol. The van der Waals surface area contributed by atoms with E-state index in [4.69, 9.17) is 14.6 Å². The van der Waals surface area contributed by atoms with Crippen LogP contribution in [0.4, 0.5) is 22.7 Å². The van der Waals surface area contributed by atoms with Crippen LogP contribution in [0.1, 0.15) is 37.8 Å². The van der Waals surface area contributed by atoms with Crippen molar-refractivity contribution < 1.29 is 24.3 Å². The number of carboxylic acids is 1. The Morgan fingerprint density at radius 1 is 1.26 bits per heavy atom. The van der Waals surface area contributed by atoms with E-state index >= 15 is 0 Å². The molecular formula is C24H25N5O6. The Hall–Kier alpha value is -4.46. The molecule has 11 heteroatoms. The number of rotatable bonds is 9. The van der Waals surface area contributed by atoms with Gasteiger partial charge in [-0.3, -0.25) is 14.9 Å². The monoisotopic (exact) mass is 479 g/mol. The summed E-state index contributed by atoms with van der Waals surface area (Å²) in [5.74, 6) is -0.109. The molecule has 0 aromatic heterocycles. The summed E-state index contributed by atoms with van der Waals surface area (Å²) < 4.78 is 11.3. The van der Waals surface area contributed by atoms with E-state index in [2.05, 4.69) is 15.1 Å². The van der Waals surface area contributed by atoms with Gasteiger partial charge < -0.3 is 19.5 Å². The number of nitro benzene ring substituents is 1. The molecule has 1 aliphatic heterocycles. The van der Waals surface area contributed by atoms with Gasteiger partial charge in [-0.25, -0.2) is 0 Å². The maximum atomic E-state index is 11.0. The van der Waals surface area contributed by atoms with Gasteiger partial charge in [0.1, 0.15) is 11.8 Å². The molecule has 1 heterocycles. The molecule has 35 heavy (non-hydrogen) atoms. The van der Waals surface area contributed by atoms with Crippen molar-refractivity contribution in [3.8, 4) is 17.6 Å². The molecule has 0 bridgehead atoms. The number of nitro groups is 1. The molecule has 1 N–H and O–H groups in total. The van der Waals surface area contributed by atoms with Crippen molar-refractivity contribution in [2.24, 2.45) is 10.2 Å². The van der Waals surface area contributed by atoms with Crippen molar-refractivity contribution in [1.29, 1.82) is 5.26 Å². The Labute approximate surface area is 202 Å². The molecule has 2 aromatic rings. The van der Waals surface area contributed by atoms with E-state index in [0.717, 1.165) is 17.3 Å². The standard InChI is InChI=1S/C24H25N5O6/c1-24(2)10-9-17-19(28(24)11-5-6-21(30)31)13-20(34-3)22(23(17)35-4)27-26-18-8-7-16(29(32)33)12-15(18)14-25/h7-10,12-13H,5-6,11H2,1-4H3,(H,30,31). The Morgan fingerprint density at radius 3 is 2.60 bits per heavy atom. The number of carboxylic acid groups (broad SMARTS) is 1. The average molecular weight is 479 g/mol.